The highest BCUT2D eigenvalue weighted by Gasteiger charge is 2.10. The molecule has 0 radical (unpaired) electrons. The second-order valence-electron chi connectivity index (χ2n) is 5.81. The molecule has 0 aromatic rings. The highest BCUT2D eigenvalue weighted by molar-refractivity contribution is 5.82. The fraction of sp³-hybridized carbons (Fsp3) is 0.875. The van der Waals surface area contributed by atoms with E-state index in [0.717, 1.165) is 12.3 Å². The Kier molecular flexibility index (Phi) is 10.5. The summed E-state index contributed by atoms with van der Waals surface area (Å²) in [5.74, 6) is 1.29. The molecule has 0 aliphatic carbocycles. The summed E-state index contributed by atoms with van der Waals surface area (Å²) in [6, 6.07) is 0. The minimum atomic E-state index is -0.263. The summed E-state index contributed by atoms with van der Waals surface area (Å²) in [5, 5.41) is 0. The zero-order chi connectivity index (χ0) is 14.7. The molecule has 0 aromatic heterocycles. The van der Waals surface area contributed by atoms with Gasteiger partial charge in [0.15, 0.2) is 0 Å². The van der Waals surface area contributed by atoms with Gasteiger partial charge < -0.3 is 4.74 Å². The molecule has 0 saturated carbocycles. The molecule has 1 atom stereocenters. The number of esters is 1. The van der Waals surface area contributed by atoms with Gasteiger partial charge in [0.2, 0.25) is 0 Å². The number of carbonyl (C=O) groups is 2. The Morgan fingerprint density at radius 1 is 0.947 bits per heavy atom. The van der Waals surface area contributed by atoms with Gasteiger partial charge in [0.25, 0.3) is 0 Å². The summed E-state index contributed by atoms with van der Waals surface area (Å²) in [6.45, 7) is 8.85. The third-order valence-electron chi connectivity index (χ3n) is 3.31. The van der Waals surface area contributed by atoms with E-state index in [1.807, 2.05) is 0 Å². The largest absolute Gasteiger partial charge is 0.466 e. The second kappa shape index (κ2) is 11.0. The molecule has 0 saturated heterocycles. The Labute approximate surface area is 118 Å². The van der Waals surface area contributed by atoms with E-state index >= 15 is 0 Å². The van der Waals surface area contributed by atoms with Crippen LogP contribution in [0.1, 0.15) is 72.6 Å². The number of hydrogen-bond donors (Lipinski definition) is 0. The van der Waals surface area contributed by atoms with Crippen LogP contribution in [-0.2, 0) is 14.3 Å². The standard InChI is InChI=1S/C16H30O3/c1-5-19-16(18)12-11-15(17)10-9-14(4)8-6-7-13(2)3/h13-14H,5-12H2,1-4H3. The van der Waals surface area contributed by atoms with Crippen molar-refractivity contribution in [1.82, 2.24) is 0 Å². The van der Waals surface area contributed by atoms with Gasteiger partial charge in [-0.3, -0.25) is 9.59 Å². The molecule has 0 heterocycles. The van der Waals surface area contributed by atoms with Crippen LogP contribution >= 0.6 is 0 Å². The van der Waals surface area contributed by atoms with Crippen molar-refractivity contribution in [1.29, 1.82) is 0 Å². The topological polar surface area (TPSA) is 43.4 Å². The Balaban J connectivity index is 3.58. The van der Waals surface area contributed by atoms with E-state index in [0.29, 0.717) is 25.4 Å². The lowest BCUT2D eigenvalue weighted by molar-refractivity contribution is -0.144. The van der Waals surface area contributed by atoms with Crippen LogP contribution in [-0.4, -0.2) is 18.4 Å². The SMILES string of the molecule is CCOC(=O)CCC(=O)CCC(C)CCCC(C)C. The molecular weight excluding hydrogens is 240 g/mol. The number of rotatable bonds is 11. The minimum Gasteiger partial charge on any atom is -0.466 e. The van der Waals surface area contributed by atoms with Crippen molar-refractivity contribution in [2.45, 2.75) is 72.6 Å². The lowest BCUT2D eigenvalue weighted by Crippen LogP contribution is -2.08. The number of Topliss-reactive ketones (excluding diaryl/α,β-unsaturated/α-hetero) is 1. The first-order valence-corrected chi connectivity index (χ1v) is 7.63. The number of carbonyl (C=O) groups excluding carboxylic acids is 2. The van der Waals surface area contributed by atoms with Gasteiger partial charge in [-0.05, 0) is 25.2 Å². The first-order valence-electron chi connectivity index (χ1n) is 7.63. The zero-order valence-corrected chi connectivity index (χ0v) is 13.0. The molecule has 3 heteroatoms. The molecule has 3 nitrogen and oxygen atoms in total. The monoisotopic (exact) mass is 270 g/mol. The van der Waals surface area contributed by atoms with E-state index in [9.17, 15) is 9.59 Å². The van der Waals surface area contributed by atoms with Crippen molar-refractivity contribution in [2.75, 3.05) is 6.61 Å². The van der Waals surface area contributed by atoms with Crippen LogP contribution in [0.4, 0.5) is 0 Å². The van der Waals surface area contributed by atoms with Gasteiger partial charge >= 0.3 is 5.97 Å². The quantitative estimate of drug-likeness (QED) is 0.530. The third kappa shape index (κ3) is 11.9. The van der Waals surface area contributed by atoms with Crippen LogP contribution in [0.25, 0.3) is 0 Å². The molecule has 0 rings (SSSR count). The smallest absolute Gasteiger partial charge is 0.306 e. The number of ketones is 1. The van der Waals surface area contributed by atoms with E-state index in [1.54, 1.807) is 6.92 Å². The predicted octanol–water partition coefficient (Wildman–Crippen LogP) is 4.14. The molecule has 0 aliphatic rings. The van der Waals surface area contributed by atoms with Crippen molar-refractivity contribution in [3.8, 4) is 0 Å². The summed E-state index contributed by atoms with van der Waals surface area (Å²) < 4.78 is 4.80. The van der Waals surface area contributed by atoms with Crippen LogP contribution in [0, 0.1) is 11.8 Å². The van der Waals surface area contributed by atoms with Gasteiger partial charge in [0.05, 0.1) is 13.0 Å². The molecule has 112 valence electrons. The van der Waals surface area contributed by atoms with E-state index in [1.165, 1.54) is 19.3 Å². The lowest BCUT2D eigenvalue weighted by atomic mass is 9.94. The number of hydrogen-bond acceptors (Lipinski definition) is 3. The average molecular weight is 270 g/mol. The van der Waals surface area contributed by atoms with Crippen LogP contribution in [0.2, 0.25) is 0 Å². The van der Waals surface area contributed by atoms with Crippen molar-refractivity contribution in [3.63, 3.8) is 0 Å². The van der Waals surface area contributed by atoms with Crippen molar-refractivity contribution in [3.05, 3.63) is 0 Å². The fourth-order valence-electron chi connectivity index (χ4n) is 2.03. The zero-order valence-electron chi connectivity index (χ0n) is 13.0. The molecule has 19 heavy (non-hydrogen) atoms. The molecular formula is C16H30O3. The van der Waals surface area contributed by atoms with Gasteiger partial charge in [-0.2, -0.15) is 0 Å². The lowest BCUT2D eigenvalue weighted by Gasteiger charge is -2.11. The molecule has 0 N–H and O–H groups in total. The predicted molar refractivity (Wildman–Crippen MR) is 78.0 cm³/mol. The summed E-state index contributed by atoms with van der Waals surface area (Å²) in [6.07, 6.45) is 5.81. The van der Waals surface area contributed by atoms with Gasteiger partial charge in [-0.25, -0.2) is 0 Å². The van der Waals surface area contributed by atoms with Gasteiger partial charge in [0.1, 0.15) is 5.78 Å². The van der Waals surface area contributed by atoms with Crippen LogP contribution in [0.5, 0.6) is 0 Å². The molecule has 0 aliphatic heterocycles. The summed E-state index contributed by atoms with van der Waals surface area (Å²) in [5.41, 5.74) is 0. The molecule has 0 aromatic carbocycles. The minimum absolute atomic E-state index is 0.184. The fourth-order valence-corrected chi connectivity index (χ4v) is 2.03. The van der Waals surface area contributed by atoms with E-state index in [-0.39, 0.29) is 18.2 Å². The van der Waals surface area contributed by atoms with Gasteiger partial charge in [-0.15, -0.1) is 0 Å². The van der Waals surface area contributed by atoms with Crippen LogP contribution < -0.4 is 0 Å². The Morgan fingerprint density at radius 3 is 2.21 bits per heavy atom. The van der Waals surface area contributed by atoms with Crippen molar-refractivity contribution in [2.24, 2.45) is 11.8 Å². The number of ether oxygens (including phenoxy) is 1. The molecule has 0 amide bonds. The molecule has 0 bridgehead atoms. The van der Waals surface area contributed by atoms with E-state index in [2.05, 4.69) is 20.8 Å². The van der Waals surface area contributed by atoms with E-state index < -0.39 is 0 Å². The van der Waals surface area contributed by atoms with Crippen LogP contribution in [0.15, 0.2) is 0 Å². The van der Waals surface area contributed by atoms with Crippen LogP contribution in [0.3, 0.4) is 0 Å². The highest BCUT2D eigenvalue weighted by atomic mass is 16.5. The van der Waals surface area contributed by atoms with E-state index in [4.69, 9.17) is 4.74 Å². The molecule has 0 fully saturated rings. The molecule has 1 unspecified atom stereocenters. The first-order chi connectivity index (χ1) is 8.95. The second-order valence-corrected chi connectivity index (χ2v) is 5.81. The Hall–Kier alpha value is -0.860. The van der Waals surface area contributed by atoms with Crippen molar-refractivity contribution < 1.29 is 14.3 Å². The third-order valence-corrected chi connectivity index (χ3v) is 3.31. The maximum atomic E-state index is 11.6. The molecule has 0 spiro atoms. The van der Waals surface area contributed by atoms with Gasteiger partial charge in [0, 0.05) is 12.8 Å². The maximum absolute atomic E-state index is 11.6. The Morgan fingerprint density at radius 2 is 1.63 bits per heavy atom. The van der Waals surface area contributed by atoms with Gasteiger partial charge in [-0.1, -0.05) is 40.0 Å². The summed E-state index contributed by atoms with van der Waals surface area (Å²) >= 11 is 0. The normalized spacial score (nSPS) is 12.5. The maximum Gasteiger partial charge on any atom is 0.306 e. The Bertz CT molecular complexity index is 259. The first kappa shape index (κ1) is 18.1. The summed E-state index contributed by atoms with van der Waals surface area (Å²) in [7, 11) is 0. The summed E-state index contributed by atoms with van der Waals surface area (Å²) in [4.78, 5) is 22.7. The average Bonchev–Trinajstić information content (AvgIpc) is 2.33. The highest BCUT2D eigenvalue weighted by Crippen LogP contribution is 2.17. The van der Waals surface area contributed by atoms with Crippen molar-refractivity contribution >= 4 is 11.8 Å².